The highest BCUT2D eigenvalue weighted by molar-refractivity contribution is 6.35. The molecule has 30 heavy (non-hydrogen) atoms. The molecule has 1 aliphatic heterocycles. The van der Waals surface area contributed by atoms with Crippen LogP contribution in [-0.2, 0) is 6.54 Å². The molecule has 2 heterocycles. The van der Waals surface area contributed by atoms with E-state index in [0.717, 1.165) is 35.7 Å². The van der Waals surface area contributed by atoms with Crippen LogP contribution in [0.5, 0.6) is 0 Å². The van der Waals surface area contributed by atoms with Crippen molar-refractivity contribution in [3.63, 3.8) is 0 Å². The van der Waals surface area contributed by atoms with E-state index < -0.39 is 0 Å². The van der Waals surface area contributed by atoms with Gasteiger partial charge in [0.2, 0.25) is 0 Å². The molecule has 156 valence electrons. The molecule has 2 aromatic carbocycles. The Bertz CT molecular complexity index is 1040. The lowest BCUT2D eigenvalue weighted by molar-refractivity contribution is 0.0627. The van der Waals surface area contributed by atoms with Crippen LogP contribution >= 0.6 is 23.2 Å². The summed E-state index contributed by atoms with van der Waals surface area (Å²) in [5.41, 5.74) is 4.22. The fourth-order valence-electron chi connectivity index (χ4n) is 3.95. The summed E-state index contributed by atoms with van der Waals surface area (Å²) in [5.74, 6) is 0.0441. The molecule has 0 bridgehead atoms. The third-order valence-corrected chi connectivity index (χ3v) is 6.32. The number of nitrogens with zero attached hydrogens (tertiary/aromatic N) is 4. The summed E-state index contributed by atoms with van der Waals surface area (Å²) in [5, 5.41) is 5.98. The fourth-order valence-corrected chi connectivity index (χ4v) is 4.46. The summed E-state index contributed by atoms with van der Waals surface area (Å²) in [7, 11) is 0. The highest BCUT2D eigenvalue weighted by Gasteiger charge is 2.27. The van der Waals surface area contributed by atoms with Gasteiger partial charge in [-0.3, -0.25) is 9.69 Å². The predicted molar refractivity (Wildman–Crippen MR) is 121 cm³/mol. The van der Waals surface area contributed by atoms with Gasteiger partial charge in [-0.15, -0.1) is 0 Å². The number of carbonyl (C=O) groups is 1. The van der Waals surface area contributed by atoms with E-state index in [0.29, 0.717) is 35.2 Å². The summed E-state index contributed by atoms with van der Waals surface area (Å²) in [4.78, 5) is 17.5. The number of carbonyl (C=O) groups excluding carboxylic acids is 1. The summed E-state index contributed by atoms with van der Waals surface area (Å²) in [6.07, 6.45) is 0. The Morgan fingerprint density at radius 2 is 1.57 bits per heavy atom. The maximum Gasteiger partial charge on any atom is 0.257 e. The zero-order valence-electron chi connectivity index (χ0n) is 17.1. The van der Waals surface area contributed by atoms with Crippen LogP contribution in [0.25, 0.3) is 5.69 Å². The van der Waals surface area contributed by atoms with Gasteiger partial charge in [-0.05, 0) is 38.1 Å². The number of amides is 1. The lowest BCUT2D eigenvalue weighted by Gasteiger charge is -2.35. The Morgan fingerprint density at radius 3 is 2.20 bits per heavy atom. The first kappa shape index (κ1) is 20.9. The van der Waals surface area contributed by atoms with E-state index in [4.69, 9.17) is 23.2 Å². The topological polar surface area (TPSA) is 41.4 Å². The van der Waals surface area contributed by atoms with Crippen molar-refractivity contribution >= 4 is 29.1 Å². The number of halogens is 2. The van der Waals surface area contributed by atoms with Crippen molar-refractivity contribution in [1.82, 2.24) is 19.6 Å². The Morgan fingerprint density at radius 1 is 0.933 bits per heavy atom. The second-order valence-electron chi connectivity index (χ2n) is 7.56. The zero-order chi connectivity index (χ0) is 21.3. The maximum atomic E-state index is 13.3. The number of rotatable bonds is 4. The molecule has 0 unspecified atom stereocenters. The molecular formula is C23H24Cl2N4O. The Balaban J connectivity index is 1.46. The molecule has 1 aliphatic rings. The van der Waals surface area contributed by atoms with Crippen molar-refractivity contribution in [2.75, 3.05) is 26.2 Å². The molecule has 1 saturated heterocycles. The first-order valence-electron chi connectivity index (χ1n) is 10.0. The summed E-state index contributed by atoms with van der Waals surface area (Å²) >= 11 is 12.6. The van der Waals surface area contributed by atoms with Crippen LogP contribution in [0, 0.1) is 13.8 Å². The number of aryl methyl sites for hydroxylation is 1. The number of aromatic nitrogens is 2. The molecule has 5 nitrogen and oxygen atoms in total. The van der Waals surface area contributed by atoms with Crippen molar-refractivity contribution in [1.29, 1.82) is 0 Å². The fraction of sp³-hybridized carbons (Fsp3) is 0.304. The van der Waals surface area contributed by atoms with Gasteiger partial charge in [0, 0.05) is 48.3 Å². The smallest absolute Gasteiger partial charge is 0.257 e. The van der Waals surface area contributed by atoms with Crippen LogP contribution in [0.1, 0.15) is 27.3 Å². The van der Waals surface area contributed by atoms with Crippen LogP contribution in [0.2, 0.25) is 10.0 Å². The van der Waals surface area contributed by atoms with Gasteiger partial charge in [-0.2, -0.15) is 5.10 Å². The average Bonchev–Trinajstić information content (AvgIpc) is 3.05. The molecule has 0 radical (unpaired) electrons. The highest BCUT2D eigenvalue weighted by Crippen LogP contribution is 2.26. The minimum Gasteiger partial charge on any atom is -0.336 e. The third kappa shape index (κ3) is 4.10. The largest absolute Gasteiger partial charge is 0.336 e. The number of hydrogen-bond donors (Lipinski definition) is 0. The quantitative estimate of drug-likeness (QED) is 0.584. The van der Waals surface area contributed by atoms with E-state index in [9.17, 15) is 4.79 Å². The second kappa shape index (κ2) is 8.80. The monoisotopic (exact) mass is 442 g/mol. The molecule has 4 rings (SSSR count). The second-order valence-corrected chi connectivity index (χ2v) is 8.38. The molecular weight excluding hydrogens is 419 g/mol. The van der Waals surface area contributed by atoms with Crippen molar-refractivity contribution in [2.24, 2.45) is 0 Å². The molecule has 7 heteroatoms. The van der Waals surface area contributed by atoms with Crippen molar-refractivity contribution < 1.29 is 4.79 Å². The van der Waals surface area contributed by atoms with Crippen molar-refractivity contribution in [3.05, 3.63) is 81.1 Å². The van der Waals surface area contributed by atoms with E-state index in [1.54, 1.807) is 0 Å². The molecule has 1 aromatic heterocycles. The van der Waals surface area contributed by atoms with Crippen LogP contribution in [-0.4, -0.2) is 51.7 Å². The first-order chi connectivity index (χ1) is 14.5. The summed E-state index contributed by atoms with van der Waals surface area (Å²) in [6.45, 7) is 7.42. The normalized spacial score (nSPS) is 14.9. The average molecular weight is 443 g/mol. The lowest BCUT2D eigenvalue weighted by atomic mass is 10.1. The SMILES string of the molecule is Cc1nn(-c2ccccc2)c(C)c1C(=O)N1CCN(Cc2c(Cl)cccc2Cl)CC1. The van der Waals surface area contributed by atoms with Gasteiger partial charge in [0.25, 0.3) is 5.91 Å². The van der Waals surface area contributed by atoms with Crippen LogP contribution in [0.15, 0.2) is 48.5 Å². The minimum atomic E-state index is 0.0441. The van der Waals surface area contributed by atoms with Gasteiger partial charge in [0.05, 0.1) is 22.6 Å². The number of para-hydroxylation sites is 1. The van der Waals surface area contributed by atoms with E-state index in [1.165, 1.54) is 0 Å². The van der Waals surface area contributed by atoms with E-state index >= 15 is 0 Å². The standard InChI is InChI=1S/C23H24Cl2N4O/c1-16-22(17(2)29(26-16)18-7-4-3-5-8-18)23(30)28-13-11-27(12-14-28)15-19-20(24)9-6-10-21(19)25/h3-10H,11-15H2,1-2H3. The minimum absolute atomic E-state index is 0.0441. The number of piperazine rings is 1. The van der Waals surface area contributed by atoms with Crippen LogP contribution in [0.4, 0.5) is 0 Å². The van der Waals surface area contributed by atoms with Crippen molar-refractivity contribution in [2.45, 2.75) is 20.4 Å². The Kier molecular flexibility index (Phi) is 6.14. The highest BCUT2D eigenvalue weighted by atomic mass is 35.5. The maximum absolute atomic E-state index is 13.3. The summed E-state index contributed by atoms with van der Waals surface area (Å²) < 4.78 is 1.85. The van der Waals surface area contributed by atoms with E-state index in [-0.39, 0.29) is 5.91 Å². The van der Waals surface area contributed by atoms with Gasteiger partial charge in [-0.25, -0.2) is 4.68 Å². The number of benzene rings is 2. The Labute approximate surface area is 186 Å². The molecule has 3 aromatic rings. The zero-order valence-corrected chi connectivity index (χ0v) is 18.6. The van der Waals surface area contributed by atoms with Gasteiger partial charge in [-0.1, -0.05) is 47.5 Å². The van der Waals surface area contributed by atoms with Gasteiger partial charge >= 0.3 is 0 Å². The molecule has 0 spiro atoms. The molecule has 1 amide bonds. The van der Waals surface area contributed by atoms with Gasteiger partial charge < -0.3 is 4.90 Å². The van der Waals surface area contributed by atoms with Crippen molar-refractivity contribution in [3.8, 4) is 5.69 Å². The summed E-state index contributed by atoms with van der Waals surface area (Å²) in [6, 6.07) is 15.5. The predicted octanol–water partition coefficient (Wildman–Crippen LogP) is 4.75. The first-order valence-corrected chi connectivity index (χ1v) is 10.8. The van der Waals surface area contributed by atoms with Crippen LogP contribution in [0.3, 0.4) is 0 Å². The Hall–Kier alpha value is -2.34. The third-order valence-electron chi connectivity index (χ3n) is 5.61. The molecule has 0 N–H and O–H groups in total. The van der Waals surface area contributed by atoms with E-state index in [2.05, 4.69) is 10.00 Å². The van der Waals surface area contributed by atoms with Gasteiger partial charge in [0.15, 0.2) is 0 Å². The van der Waals surface area contributed by atoms with E-state index in [1.807, 2.05) is 72.0 Å². The molecule has 0 aliphatic carbocycles. The van der Waals surface area contributed by atoms with Crippen LogP contribution < -0.4 is 0 Å². The number of hydrogen-bond acceptors (Lipinski definition) is 3. The molecule has 1 fully saturated rings. The lowest BCUT2D eigenvalue weighted by Crippen LogP contribution is -2.48. The molecule has 0 atom stereocenters. The molecule has 0 saturated carbocycles. The van der Waals surface area contributed by atoms with Gasteiger partial charge in [0.1, 0.15) is 0 Å².